The molecule has 0 saturated carbocycles. The van der Waals surface area contributed by atoms with Crippen molar-refractivity contribution < 1.29 is 19.1 Å². The van der Waals surface area contributed by atoms with E-state index in [4.69, 9.17) is 9.47 Å². The van der Waals surface area contributed by atoms with Crippen molar-refractivity contribution in [3.05, 3.63) is 41.9 Å². The number of carbonyl (C=O) groups is 2. The molecule has 1 aromatic rings. The van der Waals surface area contributed by atoms with Crippen molar-refractivity contribution in [1.29, 1.82) is 0 Å². The molecule has 0 aliphatic heterocycles. The molecule has 5 nitrogen and oxygen atoms in total. The van der Waals surface area contributed by atoms with Crippen molar-refractivity contribution in [3.8, 4) is 0 Å². The Hall–Kier alpha value is -2.17. The lowest BCUT2D eigenvalue weighted by Crippen LogP contribution is -2.17. The van der Waals surface area contributed by atoms with Gasteiger partial charge in [-0.2, -0.15) is 0 Å². The highest BCUT2D eigenvalue weighted by atomic mass is 16.5. The van der Waals surface area contributed by atoms with Crippen LogP contribution in [0.4, 0.5) is 0 Å². The van der Waals surface area contributed by atoms with E-state index in [0.29, 0.717) is 12.2 Å². The third-order valence-electron chi connectivity index (χ3n) is 2.03. The van der Waals surface area contributed by atoms with E-state index in [-0.39, 0.29) is 12.2 Å². The van der Waals surface area contributed by atoms with Crippen molar-refractivity contribution in [2.45, 2.75) is 13.8 Å². The van der Waals surface area contributed by atoms with Gasteiger partial charge in [0.15, 0.2) is 0 Å². The van der Waals surface area contributed by atoms with Crippen molar-refractivity contribution in [2.75, 3.05) is 13.2 Å². The van der Waals surface area contributed by atoms with E-state index in [2.05, 4.69) is 4.98 Å². The van der Waals surface area contributed by atoms with E-state index in [1.54, 1.807) is 32.2 Å². The second-order valence-corrected chi connectivity index (χ2v) is 3.28. The highest BCUT2D eigenvalue weighted by Crippen LogP contribution is 2.09. The molecule has 0 aliphatic carbocycles. The molecule has 96 valence electrons. The number of ketones is 1. The Bertz CT molecular complexity index is 440. The van der Waals surface area contributed by atoms with Gasteiger partial charge in [0.2, 0.25) is 5.78 Å². The van der Waals surface area contributed by atoms with Gasteiger partial charge in [-0.3, -0.25) is 9.78 Å². The zero-order valence-corrected chi connectivity index (χ0v) is 10.4. The van der Waals surface area contributed by atoms with Gasteiger partial charge in [-0.15, -0.1) is 0 Å². The van der Waals surface area contributed by atoms with Crippen molar-refractivity contribution in [3.63, 3.8) is 0 Å². The molecule has 0 unspecified atom stereocenters. The molecule has 0 N–H and O–H groups in total. The predicted molar refractivity (Wildman–Crippen MR) is 64.9 cm³/mol. The van der Waals surface area contributed by atoms with E-state index in [1.807, 2.05) is 0 Å². The topological polar surface area (TPSA) is 65.5 Å². The van der Waals surface area contributed by atoms with Crippen LogP contribution in [0, 0.1) is 0 Å². The van der Waals surface area contributed by atoms with Crippen LogP contribution in [0.3, 0.4) is 0 Å². The van der Waals surface area contributed by atoms with E-state index in [9.17, 15) is 9.59 Å². The molecule has 1 rings (SSSR count). The molecule has 18 heavy (non-hydrogen) atoms. The lowest BCUT2D eigenvalue weighted by Gasteiger charge is -2.06. The molecule has 0 fully saturated rings. The van der Waals surface area contributed by atoms with Gasteiger partial charge in [-0.25, -0.2) is 4.79 Å². The zero-order valence-electron chi connectivity index (χ0n) is 10.4. The number of hydrogen-bond donors (Lipinski definition) is 0. The molecule has 0 aliphatic rings. The van der Waals surface area contributed by atoms with Gasteiger partial charge < -0.3 is 9.47 Å². The van der Waals surface area contributed by atoms with Crippen LogP contribution in [0.15, 0.2) is 36.4 Å². The minimum Gasteiger partial charge on any atom is -0.500 e. The van der Waals surface area contributed by atoms with Crippen LogP contribution in [0.2, 0.25) is 0 Å². The van der Waals surface area contributed by atoms with Gasteiger partial charge in [0.05, 0.1) is 13.2 Å². The normalized spacial score (nSPS) is 10.9. The minimum atomic E-state index is -0.695. The fraction of sp³-hybridized carbons (Fsp3) is 0.308. The van der Waals surface area contributed by atoms with Crippen molar-refractivity contribution in [1.82, 2.24) is 4.98 Å². The second kappa shape index (κ2) is 7.21. The fourth-order valence-electron chi connectivity index (χ4n) is 1.22. The van der Waals surface area contributed by atoms with Gasteiger partial charge in [-0.1, -0.05) is 0 Å². The van der Waals surface area contributed by atoms with Gasteiger partial charge in [0, 0.05) is 18.0 Å². The molecular weight excluding hydrogens is 234 g/mol. The van der Waals surface area contributed by atoms with Crippen LogP contribution in [0.25, 0.3) is 0 Å². The SMILES string of the molecule is CCOC=C(C(=O)OCC)C(=O)c1cccnc1. The van der Waals surface area contributed by atoms with Crippen LogP contribution in [0.5, 0.6) is 0 Å². The Kier molecular flexibility index (Phi) is 5.57. The highest BCUT2D eigenvalue weighted by molar-refractivity contribution is 6.23. The van der Waals surface area contributed by atoms with Gasteiger partial charge in [0.1, 0.15) is 11.8 Å². The molecule has 0 spiro atoms. The number of rotatable bonds is 6. The second-order valence-electron chi connectivity index (χ2n) is 3.28. The number of nitrogens with zero attached hydrogens (tertiary/aromatic N) is 1. The Labute approximate surface area is 105 Å². The molecule has 1 heterocycles. The molecule has 5 heteroatoms. The molecule has 1 aromatic heterocycles. The molecule has 0 saturated heterocycles. The first-order valence-corrected chi connectivity index (χ1v) is 5.64. The lowest BCUT2D eigenvalue weighted by molar-refractivity contribution is -0.138. The molecule has 0 amide bonds. The van der Waals surface area contributed by atoms with E-state index >= 15 is 0 Å². The Morgan fingerprint density at radius 3 is 2.67 bits per heavy atom. The standard InChI is InChI=1S/C13H15NO4/c1-3-17-9-11(13(16)18-4-2)12(15)10-6-5-7-14-8-10/h5-9H,3-4H2,1-2H3. The summed E-state index contributed by atoms with van der Waals surface area (Å²) in [4.78, 5) is 27.6. The summed E-state index contributed by atoms with van der Waals surface area (Å²) in [5, 5.41) is 0. The summed E-state index contributed by atoms with van der Waals surface area (Å²) >= 11 is 0. The summed E-state index contributed by atoms with van der Waals surface area (Å²) in [5.41, 5.74) is 0.184. The molecule has 0 bridgehead atoms. The summed E-state index contributed by atoms with van der Waals surface area (Å²) in [6, 6.07) is 3.20. The number of ether oxygens (including phenoxy) is 2. The van der Waals surface area contributed by atoms with E-state index in [1.165, 1.54) is 6.20 Å². The Balaban J connectivity index is 2.97. The number of carbonyl (C=O) groups excluding carboxylic acids is 2. The first kappa shape index (κ1) is 13.9. The average Bonchev–Trinajstić information content (AvgIpc) is 2.40. The monoisotopic (exact) mass is 249 g/mol. The van der Waals surface area contributed by atoms with Gasteiger partial charge >= 0.3 is 5.97 Å². The predicted octanol–water partition coefficient (Wildman–Crippen LogP) is 1.75. The Morgan fingerprint density at radius 1 is 1.33 bits per heavy atom. The van der Waals surface area contributed by atoms with Crippen molar-refractivity contribution >= 4 is 11.8 Å². The largest absolute Gasteiger partial charge is 0.500 e. The van der Waals surface area contributed by atoms with Crippen LogP contribution < -0.4 is 0 Å². The number of aromatic nitrogens is 1. The third-order valence-corrected chi connectivity index (χ3v) is 2.03. The van der Waals surface area contributed by atoms with Crippen LogP contribution in [0.1, 0.15) is 24.2 Å². The van der Waals surface area contributed by atoms with Crippen LogP contribution in [-0.4, -0.2) is 30.0 Å². The third kappa shape index (κ3) is 3.69. The molecule has 0 atom stereocenters. The fourth-order valence-corrected chi connectivity index (χ4v) is 1.22. The van der Waals surface area contributed by atoms with E-state index < -0.39 is 11.8 Å². The Morgan fingerprint density at radius 2 is 2.11 bits per heavy atom. The summed E-state index contributed by atoms with van der Waals surface area (Å²) in [6.45, 7) is 3.99. The number of esters is 1. The zero-order chi connectivity index (χ0) is 13.4. The summed E-state index contributed by atoms with van der Waals surface area (Å²) in [6.07, 6.45) is 4.07. The molecule has 0 radical (unpaired) electrons. The van der Waals surface area contributed by atoms with Crippen molar-refractivity contribution in [2.24, 2.45) is 0 Å². The number of hydrogen-bond acceptors (Lipinski definition) is 5. The quantitative estimate of drug-likeness (QED) is 0.192. The number of Topliss-reactive ketones (excluding diaryl/α,β-unsaturated/α-hetero) is 1. The summed E-state index contributed by atoms with van der Waals surface area (Å²) in [7, 11) is 0. The lowest BCUT2D eigenvalue weighted by atomic mass is 10.1. The molecular formula is C13H15NO4. The average molecular weight is 249 g/mol. The number of pyridine rings is 1. The van der Waals surface area contributed by atoms with Gasteiger partial charge in [0.25, 0.3) is 0 Å². The first-order valence-electron chi connectivity index (χ1n) is 5.64. The maximum Gasteiger partial charge on any atom is 0.345 e. The van der Waals surface area contributed by atoms with Crippen LogP contribution >= 0.6 is 0 Å². The minimum absolute atomic E-state index is 0.133. The maximum absolute atomic E-state index is 12.1. The summed E-state index contributed by atoms with van der Waals surface area (Å²) in [5.74, 6) is -1.16. The smallest absolute Gasteiger partial charge is 0.345 e. The maximum atomic E-state index is 12.1. The molecule has 0 aromatic carbocycles. The first-order chi connectivity index (χ1) is 8.70. The summed E-state index contributed by atoms with van der Waals surface area (Å²) < 4.78 is 9.82. The highest BCUT2D eigenvalue weighted by Gasteiger charge is 2.21. The van der Waals surface area contributed by atoms with Gasteiger partial charge in [-0.05, 0) is 26.0 Å². The van der Waals surface area contributed by atoms with Crippen LogP contribution in [-0.2, 0) is 14.3 Å². The van der Waals surface area contributed by atoms with E-state index in [0.717, 1.165) is 6.26 Å².